The van der Waals surface area contributed by atoms with Crippen LogP contribution in [0.15, 0.2) is 64.5 Å². The van der Waals surface area contributed by atoms with Crippen LogP contribution in [0.4, 0.5) is 0 Å². The van der Waals surface area contributed by atoms with E-state index in [9.17, 15) is 9.59 Å². The van der Waals surface area contributed by atoms with E-state index in [-0.39, 0.29) is 16.9 Å². The number of thioether (sulfide) groups is 1. The molecule has 1 aliphatic heterocycles. The number of carbonyl (C=O) groups is 1. The van der Waals surface area contributed by atoms with Gasteiger partial charge in [-0.2, -0.15) is 0 Å². The van der Waals surface area contributed by atoms with Crippen molar-refractivity contribution in [3.8, 4) is 11.4 Å². The normalized spacial score (nSPS) is 14.2. The van der Waals surface area contributed by atoms with Crippen LogP contribution in [0.3, 0.4) is 0 Å². The van der Waals surface area contributed by atoms with E-state index in [2.05, 4.69) is 12.2 Å². The molecule has 0 spiro atoms. The molecule has 1 N–H and O–H groups in total. The fourth-order valence-electron chi connectivity index (χ4n) is 4.46. The van der Waals surface area contributed by atoms with Gasteiger partial charge in [0.15, 0.2) is 5.16 Å². The topological polar surface area (TPSA) is 82.5 Å². The van der Waals surface area contributed by atoms with E-state index in [1.54, 1.807) is 11.3 Å². The molecule has 0 aliphatic carbocycles. The minimum Gasteiger partial charge on any atom is -0.494 e. The second-order valence-electron chi connectivity index (χ2n) is 10.1. The molecular weight excluding hydrogens is 530 g/mol. The summed E-state index contributed by atoms with van der Waals surface area (Å²) >= 11 is 3.06. The summed E-state index contributed by atoms with van der Waals surface area (Å²) < 4.78 is 13.7. The molecule has 0 fully saturated rings. The van der Waals surface area contributed by atoms with E-state index in [0.29, 0.717) is 49.0 Å². The highest BCUT2D eigenvalue weighted by atomic mass is 32.2. The minimum atomic E-state index is -0.371. The van der Waals surface area contributed by atoms with Crippen LogP contribution in [0.1, 0.15) is 49.6 Å². The van der Waals surface area contributed by atoms with Crippen molar-refractivity contribution < 1.29 is 14.3 Å². The molecule has 39 heavy (non-hydrogen) atoms. The number of nitrogens with one attached hydrogen (secondary N) is 1. The first-order valence-corrected chi connectivity index (χ1v) is 15.0. The number of carbonyl (C=O) groups excluding carboxylic acids is 1. The fraction of sp³-hybridized carbons (Fsp3) is 0.367. The Morgan fingerprint density at radius 3 is 2.69 bits per heavy atom. The van der Waals surface area contributed by atoms with Gasteiger partial charge >= 0.3 is 0 Å². The summed E-state index contributed by atoms with van der Waals surface area (Å²) in [5, 5.41) is 3.70. The lowest BCUT2D eigenvalue weighted by Gasteiger charge is -2.30. The zero-order chi connectivity index (χ0) is 27.4. The first-order chi connectivity index (χ1) is 18.8. The van der Waals surface area contributed by atoms with Crippen molar-refractivity contribution in [3.63, 3.8) is 0 Å². The third kappa shape index (κ3) is 6.37. The number of imidazole rings is 1. The van der Waals surface area contributed by atoms with E-state index < -0.39 is 0 Å². The number of hydrogen-bond donors (Lipinski definition) is 1. The summed E-state index contributed by atoms with van der Waals surface area (Å²) in [7, 11) is 0. The Morgan fingerprint density at radius 2 is 1.95 bits per heavy atom. The molecule has 9 heteroatoms. The molecule has 5 rings (SSSR count). The summed E-state index contributed by atoms with van der Waals surface area (Å²) in [5.41, 5.74) is 2.86. The van der Waals surface area contributed by atoms with Crippen molar-refractivity contribution >= 4 is 39.4 Å². The lowest BCUT2D eigenvalue weighted by atomic mass is 9.95. The molecule has 204 valence electrons. The summed E-state index contributed by atoms with van der Waals surface area (Å²) in [5.74, 6) is 1.35. The van der Waals surface area contributed by atoms with Crippen molar-refractivity contribution in [1.29, 1.82) is 0 Å². The smallest absolute Gasteiger partial charge is 0.221 e. The number of rotatable bonds is 10. The first kappa shape index (κ1) is 27.4. The molecule has 1 aliphatic rings. The third-order valence-corrected chi connectivity index (χ3v) is 8.63. The van der Waals surface area contributed by atoms with Gasteiger partial charge in [0.2, 0.25) is 11.3 Å². The van der Waals surface area contributed by atoms with Crippen LogP contribution in [0.25, 0.3) is 16.0 Å². The standard InChI is InChI=1S/C30H33N3O4S2/c1-4-15-36-22-12-10-20(11-13-22)18-31-25(34)14-16-38-29-32-26-27(35)23-17-30(2,3)37-19-24(23)39-28(26)33(29)21-8-6-5-7-9-21/h5-13H,4,14-19H2,1-3H3,(H,31,34). The molecule has 4 aromatic rings. The second kappa shape index (κ2) is 11.9. The Hall–Kier alpha value is -3.14. The highest BCUT2D eigenvalue weighted by molar-refractivity contribution is 7.99. The van der Waals surface area contributed by atoms with Crippen LogP contribution in [0.2, 0.25) is 0 Å². The number of benzene rings is 2. The van der Waals surface area contributed by atoms with Gasteiger partial charge in [-0.05, 0) is 50.1 Å². The Labute approximate surface area is 236 Å². The van der Waals surface area contributed by atoms with Crippen molar-refractivity contribution in [2.24, 2.45) is 0 Å². The molecule has 0 radical (unpaired) electrons. The molecule has 3 heterocycles. The number of hydrogen-bond acceptors (Lipinski definition) is 7. The van der Waals surface area contributed by atoms with Crippen LogP contribution >= 0.6 is 23.1 Å². The van der Waals surface area contributed by atoms with Gasteiger partial charge in [0.05, 0.1) is 18.8 Å². The SMILES string of the molecule is CCCOc1ccc(CNC(=O)CCSc2nc3c(=O)c4c(sc3n2-c2ccccc2)COC(C)(C)C4)cc1. The highest BCUT2D eigenvalue weighted by Crippen LogP contribution is 2.35. The Kier molecular flexibility index (Phi) is 8.40. The quantitative estimate of drug-likeness (QED) is 0.243. The highest BCUT2D eigenvalue weighted by Gasteiger charge is 2.31. The maximum absolute atomic E-state index is 13.5. The number of aromatic nitrogens is 2. The zero-order valence-electron chi connectivity index (χ0n) is 22.5. The maximum atomic E-state index is 13.5. The Morgan fingerprint density at radius 1 is 1.18 bits per heavy atom. The summed E-state index contributed by atoms with van der Waals surface area (Å²) in [4.78, 5) is 32.7. The van der Waals surface area contributed by atoms with Gasteiger partial charge in [0, 0.05) is 41.3 Å². The minimum absolute atomic E-state index is 0.0180. The second-order valence-corrected chi connectivity index (χ2v) is 12.3. The monoisotopic (exact) mass is 563 g/mol. The number of nitrogens with zero attached hydrogens (tertiary/aromatic N) is 2. The van der Waals surface area contributed by atoms with Crippen molar-refractivity contribution in [2.75, 3.05) is 12.4 Å². The molecule has 2 aromatic carbocycles. The average molecular weight is 564 g/mol. The number of para-hydroxylation sites is 1. The van der Waals surface area contributed by atoms with Gasteiger partial charge in [-0.15, -0.1) is 11.3 Å². The summed E-state index contributed by atoms with van der Waals surface area (Å²) in [6.45, 7) is 7.67. The molecule has 0 unspecified atom stereocenters. The van der Waals surface area contributed by atoms with Crippen LogP contribution in [-0.4, -0.2) is 33.4 Å². The van der Waals surface area contributed by atoms with Crippen LogP contribution in [0.5, 0.6) is 5.75 Å². The van der Waals surface area contributed by atoms with E-state index in [1.165, 1.54) is 11.8 Å². The van der Waals surface area contributed by atoms with Crippen LogP contribution < -0.4 is 15.5 Å². The van der Waals surface area contributed by atoms with E-state index in [1.807, 2.05) is 73.0 Å². The Balaban J connectivity index is 1.30. The van der Waals surface area contributed by atoms with Gasteiger partial charge in [-0.3, -0.25) is 14.2 Å². The average Bonchev–Trinajstić information content (AvgIpc) is 3.30. The Bertz CT molecular complexity index is 1510. The van der Waals surface area contributed by atoms with E-state index in [0.717, 1.165) is 38.7 Å². The molecule has 2 aromatic heterocycles. The number of amides is 1. The molecule has 0 saturated carbocycles. The summed E-state index contributed by atoms with van der Waals surface area (Å²) in [6, 6.07) is 17.7. The number of fused-ring (bicyclic) bond motifs is 2. The largest absolute Gasteiger partial charge is 0.494 e. The summed E-state index contributed by atoms with van der Waals surface area (Å²) in [6.07, 6.45) is 1.88. The number of ether oxygens (including phenoxy) is 2. The van der Waals surface area contributed by atoms with Gasteiger partial charge in [-0.1, -0.05) is 49.0 Å². The van der Waals surface area contributed by atoms with Crippen molar-refractivity contribution in [2.45, 2.75) is 63.9 Å². The van der Waals surface area contributed by atoms with E-state index >= 15 is 0 Å². The molecule has 0 saturated heterocycles. The predicted octanol–water partition coefficient (Wildman–Crippen LogP) is 5.89. The van der Waals surface area contributed by atoms with Gasteiger partial charge in [0.25, 0.3) is 0 Å². The third-order valence-electron chi connectivity index (χ3n) is 6.51. The molecular formula is C30H33N3O4S2. The van der Waals surface area contributed by atoms with Crippen LogP contribution in [-0.2, 0) is 29.1 Å². The first-order valence-electron chi connectivity index (χ1n) is 13.2. The zero-order valence-corrected chi connectivity index (χ0v) is 24.1. The maximum Gasteiger partial charge on any atom is 0.221 e. The lowest BCUT2D eigenvalue weighted by Crippen LogP contribution is -2.34. The predicted molar refractivity (Wildman–Crippen MR) is 157 cm³/mol. The van der Waals surface area contributed by atoms with Gasteiger partial charge in [-0.25, -0.2) is 4.98 Å². The molecule has 0 atom stereocenters. The van der Waals surface area contributed by atoms with E-state index in [4.69, 9.17) is 14.5 Å². The van der Waals surface area contributed by atoms with Crippen molar-refractivity contribution in [3.05, 3.63) is 80.8 Å². The molecule has 7 nitrogen and oxygen atoms in total. The molecule has 1 amide bonds. The van der Waals surface area contributed by atoms with Gasteiger partial charge < -0.3 is 14.8 Å². The molecule has 0 bridgehead atoms. The van der Waals surface area contributed by atoms with Crippen LogP contribution in [0, 0.1) is 0 Å². The van der Waals surface area contributed by atoms with Crippen molar-refractivity contribution in [1.82, 2.24) is 14.9 Å². The van der Waals surface area contributed by atoms with Gasteiger partial charge in [0.1, 0.15) is 16.1 Å². The fourth-order valence-corrected chi connectivity index (χ4v) is 6.63. The lowest BCUT2D eigenvalue weighted by molar-refractivity contribution is -0.120.